The van der Waals surface area contributed by atoms with Crippen LogP contribution in [0.25, 0.3) is 0 Å². The summed E-state index contributed by atoms with van der Waals surface area (Å²) in [6, 6.07) is 0.394. The van der Waals surface area contributed by atoms with Gasteiger partial charge in [-0.25, -0.2) is 4.79 Å². The SMILES string of the molecule is COC(=O)CC[C@H](NC(=O)c1cc(C)nn1C)C(=O)O. The van der Waals surface area contributed by atoms with Crippen molar-refractivity contribution >= 4 is 17.8 Å². The first-order chi connectivity index (χ1) is 9.35. The van der Waals surface area contributed by atoms with E-state index in [4.69, 9.17) is 5.11 Å². The van der Waals surface area contributed by atoms with Gasteiger partial charge < -0.3 is 15.2 Å². The van der Waals surface area contributed by atoms with E-state index in [2.05, 4.69) is 15.2 Å². The van der Waals surface area contributed by atoms with Crippen LogP contribution in [0.1, 0.15) is 29.0 Å². The first-order valence-electron chi connectivity index (χ1n) is 5.96. The van der Waals surface area contributed by atoms with Gasteiger partial charge in [0.2, 0.25) is 0 Å². The number of ether oxygens (including phenoxy) is 1. The normalized spacial score (nSPS) is 11.8. The van der Waals surface area contributed by atoms with Gasteiger partial charge in [0, 0.05) is 13.5 Å². The molecule has 20 heavy (non-hydrogen) atoms. The number of aliphatic carboxylic acids is 1. The summed E-state index contributed by atoms with van der Waals surface area (Å²) in [5.74, 6) is -2.28. The zero-order valence-corrected chi connectivity index (χ0v) is 11.5. The second-order valence-corrected chi connectivity index (χ2v) is 4.27. The van der Waals surface area contributed by atoms with E-state index in [1.165, 1.54) is 11.8 Å². The highest BCUT2D eigenvalue weighted by Gasteiger charge is 2.23. The number of nitrogens with one attached hydrogen (secondary N) is 1. The molecular formula is C12H17N3O5. The Bertz CT molecular complexity index is 523. The molecule has 0 saturated carbocycles. The van der Waals surface area contributed by atoms with Crippen molar-refractivity contribution in [3.05, 3.63) is 17.5 Å². The van der Waals surface area contributed by atoms with Crippen molar-refractivity contribution in [1.29, 1.82) is 0 Å². The summed E-state index contributed by atoms with van der Waals surface area (Å²) in [5.41, 5.74) is 0.908. The van der Waals surface area contributed by atoms with Crippen LogP contribution in [0.4, 0.5) is 0 Å². The molecule has 8 heteroatoms. The van der Waals surface area contributed by atoms with Crippen LogP contribution < -0.4 is 5.32 Å². The van der Waals surface area contributed by atoms with Crippen molar-refractivity contribution in [1.82, 2.24) is 15.1 Å². The van der Waals surface area contributed by atoms with Crippen LogP contribution in [-0.2, 0) is 21.4 Å². The van der Waals surface area contributed by atoms with E-state index < -0.39 is 23.9 Å². The smallest absolute Gasteiger partial charge is 0.326 e. The van der Waals surface area contributed by atoms with Gasteiger partial charge in [-0.2, -0.15) is 5.10 Å². The number of carboxylic acids is 1. The van der Waals surface area contributed by atoms with E-state index in [0.29, 0.717) is 5.69 Å². The quantitative estimate of drug-likeness (QED) is 0.703. The second kappa shape index (κ2) is 6.69. The molecule has 0 fully saturated rings. The first kappa shape index (κ1) is 15.7. The molecule has 0 radical (unpaired) electrons. The second-order valence-electron chi connectivity index (χ2n) is 4.27. The number of nitrogens with zero attached hydrogens (tertiary/aromatic N) is 2. The Morgan fingerprint density at radius 2 is 2.15 bits per heavy atom. The van der Waals surface area contributed by atoms with Gasteiger partial charge in [0.1, 0.15) is 11.7 Å². The maximum atomic E-state index is 12.0. The number of methoxy groups -OCH3 is 1. The molecule has 0 saturated heterocycles. The van der Waals surface area contributed by atoms with Gasteiger partial charge >= 0.3 is 11.9 Å². The largest absolute Gasteiger partial charge is 0.480 e. The van der Waals surface area contributed by atoms with E-state index >= 15 is 0 Å². The maximum Gasteiger partial charge on any atom is 0.326 e. The predicted octanol–water partition coefficient (Wildman–Crippen LogP) is -0.135. The standard InChI is InChI=1S/C12H17N3O5/c1-7-6-9(15(2)14-7)11(17)13-8(12(18)19)4-5-10(16)20-3/h6,8H,4-5H2,1-3H3,(H,13,17)(H,18,19)/t8-/m0/s1. The highest BCUT2D eigenvalue weighted by atomic mass is 16.5. The number of rotatable bonds is 6. The molecule has 8 nitrogen and oxygen atoms in total. The van der Waals surface area contributed by atoms with Crippen LogP contribution in [0, 0.1) is 6.92 Å². The van der Waals surface area contributed by atoms with Crippen LogP contribution in [0.2, 0.25) is 0 Å². The average molecular weight is 283 g/mol. The molecule has 0 spiro atoms. The van der Waals surface area contributed by atoms with Crippen LogP contribution in [0.15, 0.2) is 6.07 Å². The van der Waals surface area contributed by atoms with E-state index in [9.17, 15) is 14.4 Å². The minimum absolute atomic E-state index is 0.0371. The molecule has 0 aromatic carbocycles. The van der Waals surface area contributed by atoms with Crippen molar-refractivity contribution in [3.8, 4) is 0 Å². The number of carboxylic acid groups (broad SMARTS) is 1. The lowest BCUT2D eigenvalue weighted by atomic mass is 10.1. The minimum Gasteiger partial charge on any atom is -0.480 e. The fraction of sp³-hybridized carbons (Fsp3) is 0.500. The summed E-state index contributed by atoms with van der Waals surface area (Å²) in [6.07, 6.45) is -0.122. The highest BCUT2D eigenvalue weighted by Crippen LogP contribution is 2.05. The minimum atomic E-state index is -1.21. The van der Waals surface area contributed by atoms with Gasteiger partial charge in [0.15, 0.2) is 0 Å². The van der Waals surface area contributed by atoms with Gasteiger partial charge in [-0.15, -0.1) is 0 Å². The Morgan fingerprint density at radius 1 is 1.50 bits per heavy atom. The lowest BCUT2D eigenvalue weighted by molar-refractivity contribution is -0.142. The van der Waals surface area contributed by atoms with Crippen molar-refractivity contribution < 1.29 is 24.2 Å². The predicted molar refractivity (Wildman–Crippen MR) is 68.1 cm³/mol. The summed E-state index contributed by atoms with van der Waals surface area (Å²) >= 11 is 0. The molecule has 1 aromatic heterocycles. The molecule has 1 amide bonds. The summed E-state index contributed by atoms with van der Waals surface area (Å²) in [4.78, 5) is 34.0. The van der Waals surface area contributed by atoms with E-state index in [1.54, 1.807) is 20.0 Å². The molecule has 1 rings (SSSR count). The number of hydrogen-bond acceptors (Lipinski definition) is 5. The molecule has 2 N–H and O–H groups in total. The summed E-state index contributed by atoms with van der Waals surface area (Å²) in [6.45, 7) is 1.72. The molecule has 0 aliphatic rings. The van der Waals surface area contributed by atoms with Gasteiger partial charge in [-0.05, 0) is 19.4 Å². The third-order valence-corrected chi connectivity index (χ3v) is 2.70. The van der Waals surface area contributed by atoms with Crippen LogP contribution in [0.3, 0.4) is 0 Å². The molecule has 110 valence electrons. The third kappa shape index (κ3) is 4.08. The Morgan fingerprint density at radius 3 is 2.60 bits per heavy atom. The van der Waals surface area contributed by atoms with Gasteiger partial charge in [-0.3, -0.25) is 14.3 Å². The van der Waals surface area contributed by atoms with Crippen LogP contribution in [-0.4, -0.2) is 45.9 Å². The number of aromatic nitrogens is 2. The van der Waals surface area contributed by atoms with Crippen molar-refractivity contribution in [2.24, 2.45) is 7.05 Å². The summed E-state index contributed by atoms with van der Waals surface area (Å²) < 4.78 is 5.80. The third-order valence-electron chi connectivity index (χ3n) is 2.70. The number of amides is 1. The number of hydrogen-bond donors (Lipinski definition) is 2. The molecule has 0 bridgehead atoms. The van der Waals surface area contributed by atoms with E-state index in [0.717, 1.165) is 0 Å². The molecule has 1 heterocycles. The lowest BCUT2D eigenvalue weighted by Crippen LogP contribution is -2.41. The van der Waals surface area contributed by atoms with Gasteiger partial charge in [-0.1, -0.05) is 0 Å². The summed E-state index contributed by atoms with van der Waals surface area (Å²) in [7, 11) is 2.81. The molecule has 1 aromatic rings. The molecule has 0 aliphatic heterocycles. The number of carbonyl (C=O) groups excluding carboxylic acids is 2. The number of aryl methyl sites for hydroxylation is 2. The average Bonchev–Trinajstić information content (AvgIpc) is 2.72. The first-order valence-corrected chi connectivity index (χ1v) is 5.96. The van der Waals surface area contributed by atoms with Crippen molar-refractivity contribution in [2.75, 3.05) is 7.11 Å². The fourth-order valence-electron chi connectivity index (χ4n) is 1.68. The zero-order valence-electron chi connectivity index (χ0n) is 11.5. The van der Waals surface area contributed by atoms with E-state index in [1.807, 2.05) is 0 Å². The molecule has 0 unspecified atom stereocenters. The van der Waals surface area contributed by atoms with E-state index in [-0.39, 0.29) is 18.5 Å². The Labute approximate surface area is 115 Å². The zero-order chi connectivity index (χ0) is 15.3. The summed E-state index contributed by atoms with van der Waals surface area (Å²) in [5, 5.41) is 15.4. The number of esters is 1. The van der Waals surface area contributed by atoms with Crippen LogP contribution in [0.5, 0.6) is 0 Å². The molecular weight excluding hydrogens is 266 g/mol. The van der Waals surface area contributed by atoms with Crippen molar-refractivity contribution in [3.63, 3.8) is 0 Å². The monoisotopic (exact) mass is 283 g/mol. The Hall–Kier alpha value is -2.38. The highest BCUT2D eigenvalue weighted by molar-refractivity contribution is 5.95. The molecule has 1 atom stereocenters. The maximum absolute atomic E-state index is 12.0. The van der Waals surface area contributed by atoms with Gasteiger partial charge in [0.05, 0.1) is 12.8 Å². The number of carbonyl (C=O) groups is 3. The molecule has 0 aliphatic carbocycles. The van der Waals surface area contributed by atoms with Crippen LogP contribution >= 0.6 is 0 Å². The topological polar surface area (TPSA) is 111 Å². The van der Waals surface area contributed by atoms with Gasteiger partial charge in [0.25, 0.3) is 5.91 Å². The van der Waals surface area contributed by atoms with Crippen molar-refractivity contribution in [2.45, 2.75) is 25.8 Å². The Balaban J connectivity index is 2.70. The lowest BCUT2D eigenvalue weighted by Gasteiger charge is -2.13. The fourth-order valence-corrected chi connectivity index (χ4v) is 1.68. The Kier molecular flexibility index (Phi) is 5.24.